The lowest BCUT2D eigenvalue weighted by molar-refractivity contribution is 0.297. The number of rotatable bonds is 3. The molecule has 0 atom stereocenters. The van der Waals surface area contributed by atoms with Gasteiger partial charge in [0.25, 0.3) is 5.56 Å². The van der Waals surface area contributed by atoms with Gasteiger partial charge in [-0.05, 0) is 24.1 Å². The van der Waals surface area contributed by atoms with E-state index in [1.807, 2.05) is 43.3 Å². The molecule has 1 aromatic carbocycles. The van der Waals surface area contributed by atoms with Crippen molar-refractivity contribution in [2.24, 2.45) is 7.05 Å². The summed E-state index contributed by atoms with van der Waals surface area (Å²) in [5.41, 5.74) is 1.82. The maximum Gasteiger partial charge on any atom is 0.292 e. The van der Waals surface area contributed by atoms with Gasteiger partial charge in [-0.15, -0.1) is 0 Å². The van der Waals surface area contributed by atoms with Crippen molar-refractivity contribution >= 4 is 0 Å². The highest BCUT2D eigenvalue weighted by molar-refractivity contribution is 5.29. The fourth-order valence-corrected chi connectivity index (χ4v) is 1.60. The predicted octanol–water partition coefficient (Wildman–Crippen LogP) is 2.27. The summed E-state index contributed by atoms with van der Waals surface area (Å²) in [4.78, 5) is 11.8. The van der Waals surface area contributed by atoms with Crippen molar-refractivity contribution in [1.82, 2.24) is 4.57 Å². The molecule has 0 bridgehead atoms. The highest BCUT2D eigenvalue weighted by Gasteiger charge is 2.06. The smallest absolute Gasteiger partial charge is 0.292 e. The monoisotopic (exact) mass is 229 g/mol. The quantitative estimate of drug-likeness (QED) is 0.808. The van der Waals surface area contributed by atoms with Crippen molar-refractivity contribution in [3.05, 3.63) is 64.1 Å². The summed E-state index contributed by atoms with van der Waals surface area (Å²) in [6.45, 7) is 2.29. The molecule has 17 heavy (non-hydrogen) atoms. The van der Waals surface area contributed by atoms with Crippen molar-refractivity contribution in [3.63, 3.8) is 0 Å². The second-order valence-corrected chi connectivity index (χ2v) is 4.02. The van der Waals surface area contributed by atoms with Gasteiger partial charge < -0.3 is 9.30 Å². The molecule has 0 amide bonds. The first-order valence-electron chi connectivity index (χ1n) is 5.51. The molecule has 0 spiro atoms. The number of nitrogens with zero attached hydrogens (tertiary/aromatic N) is 1. The van der Waals surface area contributed by atoms with E-state index in [9.17, 15) is 4.79 Å². The summed E-state index contributed by atoms with van der Waals surface area (Å²) in [5.74, 6) is 0.429. The minimum atomic E-state index is -0.0964. The van der Waals surface area contributed by atoms with Crippen molar-refractivity contribution in [2.45, 2.75) is 13.5 Å². The van der Waals surface area contributed by atoms with Gasteiger partial charge >= 0.3 is 0 Å². The Bertz CT molecular complexity index is 558. The Balaban J connectivity index is 2.20. The molecule has 3 heteroatoms. The molecule has 0 saturated heterocycles. The van der Waals surface area contributed by atoms with Crippen molar-refractivity contribution in [2.75, 3.05) is 0 Å². The van der Waals surface area contributed by atoms with E-state index in [1.165, 1.54) is 4.57 Å². The summed E-state index contributed by atoms with van der Waals surface area (Å²) in [6, 6.07) is 11.7. The Kier molecular flexibility index (Phi) is 3.28. The zero-order valence-corrected chi connectivity index (χ0v) is 10.0. The van der Waals surface area contributed by atoms with Gasteiger partial charge in [0, 0.05) is 13.2 Å². The van der Waals surface area contributed by atoms with E-state index in [-0.39, 0.29) is 5.56 Å². The standard InChI is InChI=1S/C14H15NO2/c1-11-8-9-15(2)14(16)13(11)17-10-12-6-4-3-5-7-12/h3-9H,10H2,1-2H3. The van der Waals surface area contributed by atoms with Crippen LogP contribution in [-0.2, 0) is 13.7 Å². The van der Waals surface area contributed by atoms with Gasteiger partial charge in [0.1, 0.15) is 6.61 Å². The first kappa shape index (κ1) is 11.5. The minimum Gasteiger partial charge on any atom is -0.483 e. The van der Waals surface area contributed by atoms with Gasteiger partial charge in [0.05, 0.1) is 0 Å². The van der Waals surface area contributed by atoms with E-state index in [2.05, 4.69) is 0 Å². The van der Waals surface area contributed by atoms with Crippen molar-refractivity contribution in [3.8, 4) is 5.75 Å². The van der Waals surface area contributed by atoms with Crippen LogP contribution in [0.2, 0.25) is 0 Å². The summed E-state index contributed by atoms with van der Waals surface area (Å²) in [7, 11) is 1.72. The third-order valence-corrected chi connectivity index (χ3v) is 2.65. The molecule has 0 unspecified atom stereocenters. The summed E-state index contributed by atoms with van der Waals surface area (Å²) < 4.78 is 7.12. The molecule has 3 nitrogen and oxygen atoms in total. The van der Waals surface area contributed by atoms with Gasteiger partial charge in [-0.1, -0.05) is 30.3 Å². The molecule has 0 aliphatic heterocycles. The molecule has 0 radical (unpaired) electrons. The fourth-order valence-electron chi connectivity index (χ4n) is 1.60. The molecule has 0 N–H and O–H groups in total. The Morgan fingerprint density at radius 3 is 2.59 bits per heavy atom. The van der Waals surface area contributed by atoms with Crippen LogP contribution in [0.3, 0.4) is 0 Å². The van der Waals surface area contributed by atoms with Gasteiger partial charge in [0.15, 0.2) is 5.75 Å². The van der Waals surface area contributed by atoms with Crippen LogP contribution < -0.4 is 10.3 Å². The van der Waals surface area contributed by atoms with E-state index in [1.54, 1.807) is 13.2 Å². The number of hydrogen-bond donors (Lipinski definition) is 0. The third-order valence-electron chi connectivity index (χ3n) is 2.65. The average molecular weight is 229 g/mol. The van der Waals surface area contributed by atoms with Crippen LogP contribution in [0, 0.1) is 6.92 Å². The molecule has 1 heterocycles. The zero-order valence-electron chi connectivity index (χ0n) is 10.0. The van der Waals surface area contributed by atoms with E-state index in [0.29, 0.717) is 12.4 Å². The fraction of sp³-hybridized carbons (Fsp3) is 0.214. The summed E-state index contributed by atoms with van der Waals surface area (Å²) in [6.07, 6.45) is 1.74. The Morgan fingerprint density at radius 1 is 1.18 bits per heavy atom. The number of pyridine rings is 1. The molecule has 0 aliphatic carbocycles. The number of hydrogen-bond acceptors (Lipinski definition) is 2. The number of benzene rings is 1. The minimum absolute atomic E-state index is 0.0964. The third kappa shape index (κ3) is 2.56. The average Bonchev–Trinajstić information content (AvgIpc) is 2.35. The molecule has 1 aromatic heterocycles. The largest absolute Gasteiger partial charge is 0.483 e. The zero-order chi connectivity index (χ0) is 12.3. The number of aromatic nitrogens is 1. The van der Waals surface area contributed by atoms with Gasteiger partial charge in [-0.25, -0.2) is 0 Å². The van der Waals surface area contributed by atoms with Crippen LogP contribution >= 0.6 is 0 Å². The maximum atomic E-state index is 11.8. The predicted molar refractivity (Wildman–Crippen MR) is 67.2 cm³/mol. The maximum absolute atomic E-state index is 11.8. The molecule has 0 aliphatic rings. The first-order chi connectivity index (χ1) is 8.18. The Morgan fingerprint density at radius 2 is 1.88 bits per heavy atom. The molecule has 0 saturated carbocycles. The Hall–Kier alpha value is -2.03. The van der Waals surface area contributed by atoms with E-state index in [0.717, 1.165) is 11.1 Å². The SMILES string of the molecule is Cc1ccn(C)c(=O)c1OCc1ccccc1. The summed E-state index contributed by atoms with van der Waals surface area (Å²) in [5, 5.41) is 0. The Labute approximate surface area is 100 Å². The van der Waals surface area contributed by atoms with Gasteiger partial charge in [-0.3, -0.25) is 4.79 Å². The second-order valence-electron chi connectivity index (χ2n) is 4.02. The topological polar surface area (TPSA) is 31.2 Å². The molecular formula is C14H15NO2. The van der Waals surface area contributed by atoms with Crippen LogP contribution in [0.4, 0.5) is 0 Å². The lowest BCUT2D eigenvalue weighted by Gasteiger charge is -2.09. The van der Waals surface area contributed by atoms with Crippen LogP contribution in [0.1, 0.15) is 11.1 Å². The van der Waals surface area contributed by atoms with Crippen LogP contribution in [-0.4, -0.2) is 4.57 Å². The van der Waals surface area contributed by atoms with Crippen LogP contribution in [0.5, 0.6) is 5.75 Å². The van der Waals surface area contributed by atoms with E-state index >= 15 is 0 Å². The van der Waals surface area contributed by atoms with Crippen LogP contribution in [0.15, 0.2) is 47.4 Å². The number of ether oxygens (including phenoxy) is 1. The lowest BCUT2D eigenvalue weighted by atomic mass is 10.2. The second kappa shape index (κ2) is 4.87. The normalized spacial score (nSPS) is 10.2. The molecule has 0 fully saturated rings. The van der Waals surface area contributed by atoms with E-state index < -0.39 is 0 Å². The highest BCUT2D eigenvalue weighted by Crippen LogP contribution is 2.12. The van der Waals surface area contributed by atoms with Crippen molar-refractivity contribution < 1.29 is 4.74 Å². The van der Waals surface area contributed by atoms with Gasteiger partial charge in [0.2, 0.25) is 0 Å². The molecular weight excluding hydrogens is 214 g/mol. The number of aryl methyl sites for hydroxylation is 2. The summed E-state index contributed by atoms with van der Waals surface area (Å²) >= 11 is 0. The van der Waals surface area contributed by atoms with Crippen molar-refractivity contribution in [1.29, 1.82) is 0 Å². The molecule has 88 valence electrons. The van der Waals surface area contributed by atoms with Crippen LogP contribution in [0.25, 0.3) is 0 Å². The highest BCUT2D eigenvalue weighted by atomic mass is 16.5. The lowest BCUT2D eigenvalue weighted by Crippen LogP contribution is -2.19. The molecule has 2 aromatic rings. The van der Waals surface area contributed by atoms with E-state index in [4.69, 9.17) is 4.74 Å². The molecule has 2 rings (SSSR count). The van der Waals surface area contributed by atoms with Gasteiger partial charge in [-0.2, -0.15) is 0 Å². The first-order valence-corrected chi connectivity index (χ1v) is 5.51.